The highest BCUT2D eigenvalue weighted by molar-refractivity contribution is 5.81. The molecule has 25 heavy (non-hydrogen) atoms. The Balaban J connectivity index is 1.70. The standard InChI is InChI=1S/C18H22N6O/c1-23-18(20)21-16(22-23)15-8-5-11-24(15)17(25)14(12-19)10-9-13-6-3-2-4-7-13/h2-4,6-7,14-15H,5,8-11H2,1H3,(H2,20,21,22). The number of nitrogen functional groups attached to an aromatic ring is 1. The van der Waals surface area contributed by atoms with Crippen LogP contribution >= 0.6 is 0 Å². The number of hydrogen-bond acceptors (Lipinski definition) is 5. The Morgan fingerprint density at radius 1 is 1.44 bits per heavy atom. The first-order valence-corrected chi connectivity index (χ1v) is 8.50. The van der Waals surface area contributed by atoms with Crippen molar-refractivity contribution in [1.29, 1.82) is 5.26 Å². The molecule has 2 unspecified atom stereocenters. The molecule has 0 bridgehead atoms. The summed E-state index contributed by atoms with van der Waals surface area (Å²) >= 11 is 0. The van der Waals surface area contributed by atoms with Crippen LogP contribution in [0.3, 0.4) is 0 Å². The van der Waals surface area contributed by atoms with Crippen molar-refractivity contribution < 1.29 is 4.79 Å². The second kappa shape index (κ2) is 7.34. The molecule has 2 atom stereocenters. The van der Waals surface area contributed by atoms with Gasteiger partial charge in [0.15, 0.2) is 5.82 Å². The fourth-order valence-corrected chi connectivity index (χ4v) is 3.26. The highest BCUT2D eigenvalue weighted by Gasteiger charge is 2.36. The quantitative estimate of drug-likeness (QED) is 0.896. The lowest BCUT2D eigenvalue weighted by Crippen LogP contribution is -2.36. The lowest BCUT2D eigenvalue weighted by atomic mass is 9.99. The van der Waals surface area contributed by atoms with Crippen LogP contribution in [0.4, 0.5) is 5.95 Å². The Morgan fingerprint density at radius 2 is 2.20 bits per heavy atom. The fourth-order valence-electron chi connectivity index (χ4n) is 3.26. The van der Waals surface area contributed by atoms with E-state index in [0.29, 0.717) is 31.2 Å². The molecule has 3 rings (SSSR count). The Morgan fingerprint density at radius 3 is 2.84 bits per heavy atom. The zero-order chi connectivity index (χ0) is 17.8. The number of carbonyl (C=O) groups is 1. The first-order chi connectivity index (χ1) is 12.1. The Bertz CT molecular complexity index is 759. The van der Waals surface area contributed by atoms with E-state index in [-0.39, 0.29) is 11.9 Å². The van der Waals surface area contributed by atoms with Crippen molar-refractivity contribution in [3.63, 3.8) is 0 Å². The first-order valence-electron chi connectivity index (χ1n) is 8.50. The van der Waals surface area contributed by atoms with Gasteiger partial charge in [-0.1, -0.05) is 30.3 Å². The Kier molecular flexibility index (Phi) is 4.98. The molecule has 0 saturated carbocycles. The maximum atomic E-state index is 12.9. The number of benzene rings is 1. The summed E-state index contributed by atoms with van der Waals surface area (Å²) in [6.07, 6.45) is 2.90. The molecule has 1 aromatic carbocycles. The summed E-state index contributed by atoms with van der Waals surface area (Å²) in [5.41, 5.74) is 6.89. The van der Waals surface area contributed by atoms with Crippen LogP contribution in [-0.2, 0) is 18.3 Å². The molecule has 0 aliphatic carbocycles. The van der Waals surface area contributed by atoms with Gasteiger partial charge in [0.25, 0.3) is 0 Å². The molecule has 1 aliphatic rings. The van der Waals surface area contributed by atoms with Gasteiger partial charge in [-0.05, 0) is 31.2 Å². The number of amides is 1. The molecule has 7 nitrogen and oxygen atoms in total. The molecular weight excluding hydrogens is 316 g/mol. The van der Waals surface area contributed by atoms with Crippen LogP contribution in [-0.4, -0.2) is 32.1 Å². The third-order valence-electron chi connectivity index (χ3n) is 4.67. The third kappa shape index (κ3) is 3.63. The molecule has 2 N–H and O–H groups in total. The summed E-state index contributed by atoms with van der Waals surface area (Å²) in [6.45, 7) is 0.630. The van der Waals surface area contributed by atoms with Gasteiger partial charge in [0.1, 0.15) is 5.92 Å². The summed E-state index contributed by atoms with van der Waals surface area (Å²) < 4.78 is 1.51. The molecule has 7 heteroatoms. The smallest absolute Gasteiger partial charge is 0.240 e. The van der Waals surface area contributed by atoms with Crippen LogP contribution in [0, 0.1) is 17.2 Å². The predicted octanol–water partition coefficient (Wildman–Crippen LogP) is 1.83. The monoisotopic (exact) mass is 338 g/mol. The van der Waals surface area contributed by atoms with Gasteiger partial charge >= 0.3 is 0 Å². The summed E-state index contributed by atoms with van der Waals surface area (Å²) in [7, 11) is 1.73. The molecule has 1 amide bonds. The van der Waals surface area contributed by atoms with Crippen LogP contribution in [0.5, 0.6) is 0 Å². The molecule has 1 fully saturated rings. The lowest BCUT2D eigenvalue weighted by Gasteiger charge is -2.24. The number of hydrogen-bond donors (Lipinski definition) is 1. The van der Waals surface area contributed by atoms with E-state index in [1.165, 1.54) is 4.68 Å². The van der Waals surface area contributed by atoms with E-state index < -0.39 is 5.92 Å². The minimum atomic E-state index is -0.651. The fraction of sp³-hybridized carbons (Fsp3) is 0.444. The lowest BCUT2D eigenvalue weighted by molar-refractivity contribution is -0.135. The first kappa shape index (κ1) is 17.0. The van der Waals surface area contributed by atoms with Crippen LogP contribution in [0.15, 0.2) is 30.3 Å². The zero-order valence-corrected chi connectivity index (χ0v) is 14.3. The van der Waals surface area contributed by atoms with Crippen LogP contribution in [0.25, 0.3) is 0 Å². The van der Waals surface area contributed by atoms with Gasteiger partial charge in [0.05, 0.1) is 12.1 Å². The zero-order valence-electron chi connectivity index (χ0n) is 14.3. The number of anilines is 1. The van der Waals surface area contributed by atoms with E-state index >= 15 is 0 Å². The van der Waals surface area contributed by atoms with Crippen molar-refractivity contribution in [3.8, 4) is 6.07 Å². The van der Waals surface area contributed by atoms with Gasteiger partial charge < -0.3 is 10.6 Å². The van der Waals surface area contributed by atoms with Crippen molar-refractivity contribution in [2.24, 2.45) is 13.0 Å². The Hall–Kier alpha value is -2.88. The number of carbonyl (C=O) groups excluding carboxylic acids is 1. The van der Waals surface area contributed by atoms with Crippen molar-refractivity contribution in [2.45, 2.75) is 31.7 Å². The van der Waals surface area contributed by atoms with Crippen LogP contribution in [0.1, 0.15) is 36.7 Å². The highest BCUT2D eigenvalue weighted by atomic mass is 16.2. The van der Waals surface area contributed by atoms with Gasteiger partial charge in [-0.2, -0.15) is 15.3 Å². The molecule has 0 spiro atoms. The SMILES string of the molecule is Cn1nc(C2CCCN2C(=O)C(C#N)CCc2ccccc2)nc1N. The number of aromatic nitrogens is 3. The topological polar surface area (TPSA) is 101 Å². The van der Waals surface area contributed by atoms with E-state index in [2.05, 4.69) is 16.2 Å². The van der Waals surface area contributed by atoms with Crippen LogP contribution < -0.4 is 5.73 Å². The number of nitriles is 1. The minimum Gasteiger partial charge on any atom is -0.368 e. The summed E-state index contributed by atoms with van der Waals surface area (Å²) in [5.74, 6) is 0.106. The summed E-state index contributed by atoms with van der Waals surface area (Å²) in [6, 6.07) is 11.9. The van der Waals surface area contributed by atoms with Crippen molar-refractivity contribution in [3.05, 3.63) is 41.7 Å². The molecule has 130 valence electrons. The average molecular weight is 338 g/mol. The van der Waals surface area contributed by atoms with E-state index in [9.17, 15) is 10.1 Å². The maximum Gasteiger partial charge on any atom is 0.240 e. The summed E-state index contributed by atoms with van der Waals surface area (Å²) in [5, 5.41) is 13.8. The number of rotatable bonds is 5. The van der Waals surface area contributed by atoms with Gasteiger partial charge in [-0.3, -0.25) is 4.79 Å². The predicted molar refractivity (Wildman–Crippen MR) is 93.0 cm³/mol. The van der Waals surface area contributed by atoms with Crippen molar-refractivity contribution in [1.82, 2.24) is 19.7 Å². The largest absolute Gasteiger partial charge is 0.368 e. The molecular formula is C18H22N6O. The van der Waals surface area contributed by atoms with E-state index in [1.807, 2.05) is 30.3 Å². The van der Waals surface area contributed by atoms with E-state index in [4.69, 9.17) is 5.73 Å². The van der Waals surface area contributed by atoms with Gasteiger partial charge in [0.2, 0.25) is 11.9 Å². The van der Waals surface area contributed by atoms with Crippen molar-refractivity contribution >= 4 is 11.9 Å². The number of nitrogens with two attached hydrogens (primary N) is 1. The maximum absolute atomic E-state index is 12.9. The molecule has 2 aromatic rings. The van der Waals surface area contributed by atoms with E-state index in [0.717, 1.165) is 18.4 Å². The van der Waals surface area contributed by atoms with Gasteiger partial charge in [-0.25, -0.2) is 4.68 Å². The number of aryl methyl sites for hydroxylation is 2. The Labute approximate surface area is 147 Å². The van der Waals surface area contributed by atoms with Crippen molar-refractivity contribution in [2.75, 3.05) is 12.3 Å². The number of likely N-dealkylation sites (tertiary alicyclic amines) is 1. The third-order valence-corrected chi connectivity index (χ3v) is 4.67. The summed E-state index contributed by atoms with van der Waals surface area (Å²) in [4.78, 5) is 18.9. The highest BCUT2D eigenvalue weighted by Crippen LogP contribution is 2.32. The molecule has 2 heterocycles. The minimum absolute atomic E-state index is 0.132. The van der Waals surface area contributed by atoms with Crippen LogP contribution in [0.2, 0.25) is 0 Å². The molecule has 1 saturated heterocycles. The van der Waals surface area contributed by atoms with E-state index in [1.54, 1.807) is 11.9 Å². The molecule has 1 aromatic heterocycles. The normalized spacial score (nSPS) is 18.1. The van der Waals surface area contributed by atoms with Gasteiger partial charge in [0, 0.05) is 13.6 Å². The second-order valence-corrected chi connectivity index (χ2v) is 6.35. The molecule has 0 radical (unpaired) electrons. The molecule has 1 aliphatic heterocycles. The average Bonchev–Trinajstić information content (AvgIpc) is 3.23. The number of nitrogens with zero attached hydrogens (tertiary/aromatic N) is 5. The van der Waals surface area contributed by atoms with Gasteiger partial charge in [-0.15, -0.1) is 0 Å². The second-order valence-electron chi connectivity index (χ2n) is 6.35.